The molecule has 190 valence electrons. The van der Waals surface area contributed by atoms with Crippen molar-refractivity contribution in [2.75, 3.05) is 0 Å². The van der Waals surface area contributed by atoms with E-state index in [1.165, 1.54) is 0 Å². The van der Waals surface area contributed by atoms with E-state index < -0.39 is 5.97 Å². The van der Waals surface area contributed by atoms with Crippen molar-refractivity contribution in [3.05, 3.63) is 87.4 Å². The van der Waals surface area contributed by atoms with Crippen LogP contribution in [0.25, 0.3) is 22.2 Å². The Labute approximate surface area is 222 Å². The van der Waals surface area contributed by atoms with E-state index in [2.05, 4.69) is 10.1 Å². The lowest BCUT2D eigenvalue weighted by Crippen LogP contribution is -2.02. The van der Waals surface area contributed by atoms with E-state index in [1.54, 1.807) is 25.1 Å². The standard InChI is InChI=1S/C27H23Cl2N3O5/c1-14(2)26-18(25(31-37-26)23-19(28)5-4-6-20(23)29)13-35-17-7-8-21-16(11-17)9-10-32(21)12-22-30-24(27(33)34)15(3)36-22/h4-11,14H,12-13H2,1-3H3,(H,33,34). The van der Waals surface area contributed by atoms with Gasteiger partial charge in [0.15, 0.2) is 5.69 Å². The fraction of sp³-hybridized carbons (Fsp3) is 0.222. The number of oxazole rings is 1. The van der Waals surface area contributed by atoms with E-state index in [9.17, 15) is 9.90 Å². The fourth-order valence-electron chi connectivity index (χ4n) is 4.26. The molecule has 3 heterocycles. The molecule has 5 aromatic rings. The SMILES string of the molecule is Cc1oc(Cn2ccc3cc(OCc4c(-c5c(Cl)cccc5Cl)noc4C(C)C)ccc32)nc1C(=O)O. The number of ether oxygens (including phenoxy) is 1. The summed E-state index contributed by atoms with van der Waals surface area (Å²) < 4.78 is 19.3. The molecule has 0 atom stereocenters. The van der Waals surface area contributed by atoms with E-state index >= 15 is 0 Å². The lowest BCUT2D eigenvalue weighted by atomic mass is 10.0. The molecule has 0 aliphatic carbocycles. The summed E-state index contributed by atoms with van der Waals surface area (Å²) in [4.78, 5) is 15.4. The minimum Gasteiger partial charge on any atom is -0.489 e. The molecule has 0 saturated carbocycles. The fourth-order valence-corrected chi connectivity index (χ4v) is 4.84. The molecule has 10 heteroatoms. The maximum absolute atomic E-state index is 11.3. The second-order valence-corrected chi connectivity index (χ2v) is 9.71. The van der Waals surface area contributed by atoms with Crippen LogP contribution >= 0.6 is 23.2 Å². The topological polar surface area (TPSA) is 104 Å². The second kappa shape index (κ2) is 9.95. The van der Waals surface area contributed by atoms with Crippen LogP contribution in [0.1, 0.15) is 53.2 Å². The summed E-state index contributed by atoms with van der Waals surface area (Å²) in [5.74, 6) is 0.949. The van der Waals surface area contributed by atoms with Gasteiger partial charge in [0.2, 0.25) is 5.89 Å². The summed E-state index contributed by atoms with van der Waals surface area (Å²) in [6, 6.07) is 13.0. The normalized spacial score (nSPS) is 11.5. The molecule has 0 fully saturated rings. The van der Waals surface area contributed by atoms with Gasteiger partial charge in [-0.1, -0.05) is 48.3 Å². The number of benzene rings is 2. The molecular formula is C27H23Cl2N3O5. The molecule has 1 N–H and O–H groups in total. The number of aryl methyl sites for hydroxylation is 1. The first kappa shape index (κ1) is 24.9. The minimum absolute atomic E-state index is 0.0749. The van der Waals surface area contributed by atoms with Crippen molar-refractivity contribution in [2.45, 2.75) is 39.8 Å². The van der Waals surface area contributed by atoms with Crippen LogP contribution in [-0.2, 0) is 13.2 Å². The van der Waals surface area contributed by atoms with Gasteiger partial charge in [0.25, 0.3) is 0 Å². The van der Waals surface area contributed by atoms with Crippen LogP contribution in [0.4, 0.5) is 0 Å². The Bertz CT molecular complexity index is 1600. The molecular weight excluding hydrogens is 517 g/mol. The Kier molecular flexibility index (Phi) is 6.70. The third-order valence-corrected chi connectivity index (χ3v) is 6.65. The van der Waals surface area contributed by atoms with Crippen molar-refractivity contribution in [2.24, 2.45) is 0 Å². The lowest BCUT2D eigenvalue weighted by Gasteiger charge is -2.11. The Morgan fingerprint density at radius 2 is 1.92 bits per heavy atom. The number of carbonyl (C=O) groups is 1. The Balaban J connectivity index is 1.40. The van der Waals surface area contributed by atoms with Gasteiger partial charge in [-0.3, -0.25) is 0 Å². The zero-order chi connectivity index (χ0) is 26.3. The zero-order valence-electron chi connectivity index (χ0n) is 20.3. The number of aromatic carboxylic acids is 1. The first-order valence-corrected chi connectivity index (χ1v) is 12.3. The predicted octanol–water partition coefficient (Wildman–Crippen LogP) is 7.35. The van der Waals surface area contributed by atoms with E-state index in [0.29, 0.717) is 45.2 Å². The number of halogens is 2. The summed E-state index contributed by atoms with van der Waals surface area (Å²) in [7, 11) is 0. The number of carboxylic acids is 1. The highest BCUT2D eigenvalue weighted by Gasteiger charge is 2.24. The van der Waals surface area contributed by atoms with Crippen molar-refractivity contribution in [3.8, 4) is 17.0 Å². The average molecular weight is 540 g/mol. The highest BCUT2D eigenvalue weighted by Crippen LogP contribution is 2.39. The molecule has 8 nitrogen and oxygen atoms in total. The largest absolute Gasteiger partial charge is 0.489 e. The van der Waals surface area contributed by atoms with Gasteiger partial charge in [-0.05, 0) is 43.3 Å². The first-order chi connectivity index (χ1) is 17.7. The van der Waals surface area contributed by atoms with Gasteiger partial charge in [-0.15, -0.1) is 0 Å². The van der Waals surface area contributed by atoms with Gasteiger partial charge >= 0.3 is 5.97 Å². The number of hydrogen-bond acceptors (Lipinski definition) is 6. The smallest absolute Gasteiger partial charge is 0.358 e. The molecule has 37 heavy (non-hydrogen) atoms. The van der Waals surface area contributed by atoms with E-state index in [4.69, 9.17) is 36.9 Å². The van der Waals surface area contributed by atoms with Crippen LogP contribution in [0.5, 0.6) is 5.75 Å². The van der Waals surface area contributed by atoms with Crippen molar-refractivity contribution in [3.63, 3.8) is 0 Å². The Morgan fingerprint density at radius 1 is 1.16 bits per heavy atom. The van der Waals surface area contributed by atoms with E-state index in [-0.39, 0.29) is 24.0 Å². The van der Waals surface area contributed by atoms with Gasteiger partial charge < -0.3 is 23.4 Å². The number of rotatable bonds is 8. The van der Waals surface area contributed by atoms with E-state index in [1.807, 2.05) is 48.9 Å². The molecule has 0 radical (unpaired) electrons. The van der Waals surface area contributed by atoms with Crippen LogP contribution in [-0.4, -0.2) is 25.8 Å². The molecule has 0 aliphatic heterocycles. The minimum atomic E-state index is -1.11. The van der Waals surface area contributed by atoms with Crippen LogP contribution in [0, 0.1) is 6.92 Å². The molecule has 0 aliphatic rings. The lowest BCUT2D eigenvalue weighted by molar-refractivity contribution is 0.0689. The van der Waals surface area contributed by atoms with E-state index in [0.717, 1.165) is 16.5 Å². The number of fused-ring (bicyclic) bond motifs is 1. The second-order valence-electron chi connectivity index (χ2n) is 8.90. The number of nitrogens with zero attached hydrogens (tertiary/aromatic N) is 3. The predicted molar refractivity (Wildman–Crippen MR) is 140 cm³/mol. The van der Waals surface area contributed by atoms with Crippen molar-refractivity contribution >= 4 is 40.1 Å². The van der Waals surface area contributed by atoms with Crippen LogP contribution in [0.2, 0.25) is 10.0 Å². The molecule has 0 saturated heterocycles. The quantitative estimate of drug-likeness (QED) is 0.220. The van der Waals surface area contributed by atoms with Gasteiger partial charge in [-0.25, -0.2) is 9.78 Å². The molecule has 5 rings (SSSR count). The molecule has 0 unspecified atom stereocenters. The molecule has 0 bridgehead atoms. The van der Waals surface area contributed by atoms with Gasteiger partial charge in [0, 0.05) is 28.6 Å². The van der Waals surface area contributed by atoms with Crippen molar-refractivity contribution in [1.29, 1.82) is 0 Å². The average Bonchev–Trinajstić information content (AvgIpc) is 3.55. The van der Waals surface area contributed by atoms with Crippen LogP contribution < -0.4 is 4.74 Å². The molecule has 0 amide bonds. The van der Waals surface area contributed by atoms with Gasteiger partial charge in [0.05, 0.1) is 22.2 Å². The number of hydrogen-bond donors (Lipinski definition) is 1. The summed E-state index contributed by atoms with van der Waals surface area (Å²) in [6.07, 6.45) is 1.89. The van der Waals surface area contributed by atoms with Crippen LogP contribution in [0.3, 0.4) is 0 Å². The molecule has 0 spiro atoms. The van der Waals surface area contributed by atoms with Gasteiger partial charge in [-0.2, -0.15) is 0 Å². The summed E-state index contributed by atoms with van der Waals surface area (Å²) in [5, 5.41) is 15.4. The summed E-state index contributed by atoms with van der Waals surface area (Å²) in [5.41, 5.74) is 2.82. The van der Waals surface area contributed by atoms with Crippen molar-refractivity contribution < 1.29 is 23.6 Å². The highest BCUT2D eigenvalue weighted by atomic mass is 35.5. The highest BCUT2D eigenvalue weighted by molar-refractivity contribution is 6.39. The third kappa shape index (κ3) is 4.82. The zero-order valence-corrected chi connectivity index (χ0v) is 21.8. The number of aromatic nitrogens is 3. The van der Waals surface area contributed by atoms with Crippen LogP contribution in [0.15, 0.2) is 57.6 Å². The van der Waals surface area contributed by atoms with Gasteiger partial charge in [0.1, 0.15) is 29.6 Å². The number of carboxylic acid groups (broad SMARTS) is 1. The van der Waals surface area contributed by atoms with Crippen molar-refractivity contribution in [1.82, 2.24) is 14.7 Å². The molecule has 2 aromatic carbocycles. The summed E-state index contributed by atoms with van der Waals surface area (Å²) >= 11 is 12.9. The maximum Gasteiger partial charge on any atom is 0.358 e. The Hall–Kier alpha value is -3.75. The Morgan fingerprint density at radius 3 is 2.59 bits per heavy atom. The summed E-state index contributed by atoms with van der Waals surface area (Å²) in [6.45, 7) is 6.14. The molecule has 3 aromatic heterocycles. The maximum atomic E-state index is 11.3. The monoisotopic (exact) mass is 539 g/mol. The third-order valence-electron chi connectivity index (χ3n) is 6.02. The first-order valence-electron chi connectivity index (χ1n) is 11.6.